The van der Waals surface area contributed by atoms with Crippen LogP contribution in [0.4, 0.5) is 19.0 Å². The Morgan fingerprint density at radius 2 is 1.84 bits per heavy atom. The van der Waals surface area contributed by atoms with Crippen molar-refractivity contribution in [2.24, 2.45) is 5.92 Å². The lowest BCUT2D eigenvalue weighted by Gasteiger charge is -2.20. The van der Waals surface area contributed by atoms with Gasteiger partial charge in [0.2, 0.25) is 0 Å². The Labute approximate surface area is 149 Å². The maximum absolute atomic E-state index is 13.3. The van der Waals surface area contributed by atoms with E-state index in [1.54, 1.807) is 12.1 Å². The van der Waals surface area contributed by atoms with Crippen LogP contribution in [0.2, 0.25) is 5.02 Å². The van der Waals surface area contributed by atoms with E-state index in [0.29, 0.717) is 22.3 Å². The largest absolute Gasteiger partial charge is 0.418 e. The van der Waals surface area contributed by atoms with Crippen LogP contribution in [0.3, 0.4) is 0 Å². The summed E-state index contributed by atoms with van der Waals surface area (Å²) in [7, 11) is 0. The van der Waals surface area contributed by atoms with Crippen LogP contribution < -0.4 is 5.43 Å². The van der Waals surface area contributed by atoms with Gasteiger partial charge in [0.25, 0.3) is 0 Å². The molecule has 132 valence electrons. The van der Waals surface area contributed by atoms with Crippen LogP contribution >= 0.6 is 11.6 Å². The quantitative estimate of drug-likeness (QED) is 0.765. The Morgan fingerprint density at radius 1 is 1.16 bits per heavy atom. The average molecular weight is 368 g/mol. The van der Waals surface area contributed by atoms with Gasteiger partial charge in [-0.3, -0.25) is 10.4 Å². The number of pyridine rings is 1. The second kappa shape index (κ2) is 6.59. The molecule has 1 aliphatic rings. The fourth-order valence-corrected chi connectivity index (χ4v) is 2.79. The standard InChI is InChI=1S/C18H17ClF3N3/c1-11-9-25(10-12(11)2)24-16-8-7-15(18(20,21)22)17(23-16)13-3-5-14(19)6-4-13/h3-9,12H,10H2,1-2H3,(H,23,24). The Kier molecular flexibility index (Phi) is 4.64. The second-order valence-electron chi connectivity index (χ2n) is 6.14. The molecule has 0 bridgehead atoms. The molecular weight excluding hydrogens is 351 g/mol. The molecule has 0 radical (unpaired) electrons. The van der Waals surface area contributed by atoms with Crippen molar-refractivity contribution in [1.82, 2.24) is 9.99 Å². The number of nitrogens with zero attached hydrogens (tertiary/aromatic N) is 2. The highest BCUT2D eigenvalue weighted by Gasteiger charge is 2.34. The molecule has 25 heavy (non-hydrogen) atoms. The van der Waals surface area contributed by atoms with Gasteiger partial charge in [0.15, 0.2) is 0 Å². The summed E-state index contributed by atoms with van der Waals surface area (Å²) in [6.45, 7) is 4.85. The molecule has 1 atom stereocenters. The van der Waals surface area contributed by atoms with E-state index >= 15 is 0 Å². The van der Waals surface area contributed by atoms with E-state index in [4.69, 9.17) is 11.6 Å². The molecule has 0 spiro atoms. The smallest absolute Gasteiger partial charge is 0.293 e. The number of halogens is 4. The minimum Gasteiger partial charge on any atom is -0.293 e. The van der Waals surface area contributed by atoms with Gasteiger partial charge < -0.3 is 0 Å². The molecule has 2 aromatic rings. The fraction of sp³-hybridized carbons (Fsp3) is 0.278. The lowest BCUT2D eigenvalue weighted by atomic mass is 10.1. The number of rotatable bonds is 3. The Morgan fingerprint density at radius 3 is 2.40 bits per heavy atom. The summed E-state index contributed by atoms with van der Waals surface area (Å²) < 4.78 is 40.0. The van der Waals surface area contributed by atoms with Crippen molar-refractivity contribution < 1.29 is 13.2 Å². The minimum absolute atomic E-state index is 0.123. The third-order valence-electron chi connectivity index (χ3n) is 4.18. The van der Waals surface area contributed by atoms with Crippen LogP contribution in [0.15, 0.2) is 48.2 Å². The van der Waals surface area contributed by atoms with E-state index in [0.717, 1.165) is 12.6 Å². The first-order valence-corrected chi connectivity index (χ1v) is 8.17. The third-order valence-corrected chi connectivity index (χ3v) is 4.44. The summed E-state index contributed by atoms with van der Waals surface area (Å²) in [6.07, 6.45) is -2.55. The molecule has 1 aromatic carbocycles. The number of hydrogen-bond donors (Lipinski definition) is 1. The molecule has 1 unspecified atom stereocenters. The van der Waals surface area contributed by atoms with Gasteiger partial charge in [0, 0.05) is 23.3 Å². The second-order valence-corrected chi connectivity index (χ2v) is 6.57. The van der Waals surface area contributed by atoms with Crippen LogP contribution in [-0.2, 0) is 6.18 Å². The Bertz CT molecular complexity index is 800. The highest BCUT2D eigenvalue weighted by atomic mass is 35.5. The Balaban J connectivity index is 1.97. The predicted molar refractivity (Wildman–Crippen MR) is 92.9 cm³/mol. The number of aromatic nitrogens is 1. The first-order valence-electron chi connectivity index (χ1n) is 7.80. The number of benzene rings is 1. The number of nitrogens with one attached hydrogen (secondary N) is 1. The van der Waals surface area contributed by atoms with Crippen molar-refractivity contribution in [1.29, 1.82) is 0 Å². The highest BCUT2D eigenvalue weighted by molar-refractivity contribution is 6.30. The van der Waals surface area contributed by atoms with Crippen molar-refractivity contribution in [3.8, 4) is 11.3 Å². The maximum Gasteiger partial charge on any atom is 0.418 e. The summed E-state index contributed by atoms with van der Waals surface area (Å²) in [5.74, 6) is 0.744. The zero-order valence-corrected chi connectivity index (χ0v) is 14.5. The molecule has 3 nitrogen and oxygen atoms in total. The Hall–Kier alpha value is -2.21. The van der Waals surface area contributed by atoms with E-state index in [1.807, 2.05) is 18.1 Å². The molecule has 0 saturated carbocycles. The molecule has 3 rings (SSSR count). The molecule has 1 aromatic heterocycles. The monoisotopic (exact) mass is 367 g/mol. The van der Waals surface area contributed by atoms with Crippen molar-refractivity contribution >= 4 is 17.4 Å². The number of hydrazine groups is 1. The summed E-state index contributed by atoms with van der Waals surface area (Å²) in [6, 6.07) is 8.56. The summed E-state index contributed by atoms with van der Waals surface area (Å²) in [5, 5.41) is 2.29. The van der Waals surface area contributed by atoms with E-state index in [9.17, 15) is 13.2 Å². The van der Waals surface area contributed by atoms with Gasteiger partial charge in [-0.15, -0.1) is 0 Å². The van der Waals surface area contributed by atoms with Crippen LogP contribution in [0.25, 0.3) is 11.3 Å². The zero-order valence-electron chi connectivity index (χ0n) is 13.7. The van der Waals surface area contributed by atoms with Crippen molar-refractivity contribution in [3.63, 3.8) is 0 Å². The van der Waals surface area contributed by atoms with Gasteiger partial charge in [0.05, 0.1) is 11.3 Å². The molecule has 2 heterocycles. The van der Waals surface area contributed by atoms with E-state index in [-0.39, 0.29) is 5.69 Å². The van der Waals surface area contributed by atoms with E-state index < -0.39 is 11.7 Å². The van der Waals surface area contributed by atoms with E-state index in [1.165, 1.54) is 23.8 Å². The molecule has 1 N–H and O–H groups in total. The number of hydrogen-bond acceptors (Lipinski definition) is 3. The van der Waals surface area contributed by atoms with Gasteiger partial charge in [-0.2, -0.15) is 13.2 Å². The van der Waals surface area contributed by atoms with Crippen LogP contribution in [0.5, 0.6) is 0 Å². The zero-order chi connectivity index (χ0) is 18.2. The van der Waals surface area contributed by atoms with Crippen molar-refractivity contribution in [2.45, 2.75) is 20.0 Å². The van der Waals surface area contributed by atoms with Gasteiger partial charge in [-0.25, -0.2) is 4.98 Å². The van der Waals surface area contributed by atoms with Crippen molar-refractivity contribution in [2.75, 3.05) is 12.0 Å². The van der Waals surface area contributed by atoms with Crippen LogP contribution in [0.1, 0.15) is 19.4 Å². The number of alkyl halides is 3. The summed E-state index contributed by atoms with van der Waals surface area (Å²) in [4.78, 5) is 4.21. The maximum atomic E-state index is 13.3. The number of anilines is 1. The third kappa shape index (κ3) is 3.90. The van der Waals surface area contributed by atoms with Gasteiger partial charge in [0.1, 0.15) is 5.82 Å². The summed E-state index contributed by atoms with van der Waals surface area (Å²) in [5.41, 5.74) is 3.72. The normalized spacial score (nSPS) is 17.6. The van der Waals surface area contributed by atoms with Gasteiger partial charge in [-0.1, -0.05) is 36.2 Å². The topological polar surface area (TPSA) is 28.2 Å². The molecule has 1 aliphatic heterocycles. The molecule has 7 heteroatoms. The van der Waals surface area contributed by atoms with E-state index in [2.05, 4.69) is 17.3 Å². The van der Waals surface area contributed by atoms with Gasteiger partial charge >= 0.3 is 6.18 Å². The highest BCUT2D eigenvalue weighted by Crippen LogP contribution is 2.37. The molecule has 0 amide bonds. The first kappa shape index (κ1) is 17.6. The minimum atomic E-state index is -4.49. The predicted octanol–water partition coefficient (Wildman–Crippen LogP) is 5.60. The van der Waals surface area contributed by atoms with Crippen LogP contribution in [0, 0.1) is 5.92 Å². The first-order chi connectivity index (χ1) is 11.7. The van der Waals surface area contributed by atoms with Crippen LogP contribution in [-0.4, -0.2) is 16.5 Å². The lowest BCUT2D eigenvalue weighted by Crippen LogP contribution is -2.25. The molecular formula is C18H17ClF3N3. The average Bonchev–Trinajstić information content (AvgIpc) is 2.84. The SMILES string of the molecule is CC1=CN(Nc2ccc(C(F)(F)F)c(-c3ccc(Cl)cc3)n2)CC1C. The molecule has 0 aliphatic carbocycles. The van der Waals surface area contributed by atoms with Gasteiger partial charge in [-0.05, 0) is 37.1 Å². The van der Waals surface area contributed by atoms with Crippen molar-refractivity contribution in [3.05, 3.63) is 58.8 Å². The fourth-order valence-electron chi connectivity index (χ4n) is 2.67. The lowest BCUT2D eigenvalue weighted by molar-refractivity contribution is -0.137. The molecule has 0 fully saturated rings. The summed E-state index contributed by atoms with van der Waals surface area (Å²) >= 11 is 5.83. The molecule has 0 saturated heterocycles.